The molecule has 2 aromatic rings. The van der Waals surface area contributed by atoms with Crippen molar-refractivity contribution < 1.29 is 4.79 Å². The van der Waals surface area contributed by atoms with Gasteiger partial charge in [0.25, 0.3) is 0 Å². The van der Waals surface area contributed by atoms with Gasteiger partial charge in [-0.15, -0.1) is 0 Å². The standard InChI is InChI=1S/C13H12BrClN2O/c1-8-3-12(17(2)16-8)7-13(18)9-4-10(14)6-11(15)5-9/h3-6H,7H2,1-2H3. The quantitative estimate of drug-likeness (QED) is 0.808. The van der Waals surface area contributed by atoms with E-state index in [1.807, 2.05) is 20.0 Å². The molecule has 0 aliphatic heterocycles. The van der Waals surface area contributed by atoms with E-state index in [1.54, 1.807) is 22.9 Å². The van der Waals surface area contributed by atoms with Crippen LogP contribution in [0.2, 0.25) is 5.02 Å². The monoisotopic (exact) mass is 326 g/mol. The number of benzene rings is 1. The van der Waals surface area contributed by atoms with Gasteiger partial charge in [-0.25, -0.2) is 0 Å². The number of ketones is 1. The van der Waals surface area contributed by atoms with E-state index in [0.717, 1.165) is 15.9 Å². The summed E-state index contributed by atoms with van der Waals surface area (Å²) in [6.45, 7) is 1.91. The maximum atomic E-state index is 12.2. The minimum atomic E-state index is 0.0289. The fraction of sp³-hybridized carbons (Fsp3) is 0.231. The Morgan fingerprint density at radius 2 is 2.11 bits per heavy atom. The highest BCUT2D eigenvalue weighted by atomic mass is 79.9. The molecule has 94 valence electrons. The third kappa shape index (κ3) is 3.00. The molecule has 18 heavy (non-hydrogen) atoms. The molecular weight excluding hydrogens is 316 g/mol. The predicted molar refractivity (Wildman–Crippen MR) is 75.1 cm³/mol. The first-order valence-corrected chi connectivity index (χ1v) is 6.61. The molecular formula is C13H12BrClN2O. The molecule has 0 saturated heterocycles. The maximum absolute atomic E-state index is 12.2. The number of hydrogen-bond acceptors (Lipinski definition) is 2. The third-order valence-electron chi connectivity index (χ3n) is 2.63. The molecule has 1 aromatic heterocycles. The smallest absolute Gasteiger partial charge is 0.168 e. The molecule has 0 aliphatic carbocycles. The summed E-state index contributed by atoms with van der Waals surface area (Å²) in [5.74, 6) is 0.0289. The Balaban J connectivity index is 2.24. The van der Waals surface area contributed by atoms with Crippen LogP contribution in [0.3, 0.4) is 0 Å². The van der Waals surface area contributed by atoms with Crippen LogP contribution in [0.15, 0.2) is 28.7 Å². The van der Waals surface area contributed by atoms with Crippen LogP contribution in [0.1, 0.15) is 21.7 Å². The third-order valence-corrected chi connectivity index (χ3v) is 3.30. The van der Waals surface area contributed by atoms with Gasteiger partial charge in [0.1, 0.15) is 0 Å². The minimum Gasteiger partial charge on any atom is -0.294 e. The van der Waals surface area contributed by atoms with Crippen LogP contribution < -0.4 is 0 Å². The zero-order valence-electron chi connectivity index (χ0n) is 10.1. The van der Waals surface area contributed by atoms with Crippen LogP contribution in [0.4, 0.5) is 0 Å². The number of carbonyl (C=O) groups excluding carboxylic acids is 1. The highest BCUT2D eigenvalue weighted by Crippen LogP contribution is 2.20. The van der Waals surface area contributed by atoms with Crippen LogP contribution in [-0.2, 0) is 13.5 Å². The summed E-state index contributed by atoms with van der Waals surface area (Å²) in [6.07, 6.45) is 0.324. The van der Waals surface area contributed by atoms with Crippen molar-refractivity contribution in [3.8, 4) is 0 Å². The van der Waals surface area contributed by atoms with Gasteiger partial charge in [0.05, 0.1) is 12.1 Å². The van der Waals surface area contributed by atoms with Crippen molar-refractivity contribution in [3.05, 3.63) is 50.7 Å². The fourth-order valence-electron chi connectivity index (χ4n) is 1.81. The SMILES string of the molecule is Cc1cc(CC(=O)c2cc(Cl)cc(Br)c2)n(C)n1. The van der Waals surface area contributed by atoms with Gasteiger partial charge in [-0.1, -0.05) is 27.5 Å². The van der Waals surface area contributed by atoms with Crippen molar-refractivity contribution in [1.29, 1.82) is 0 Å². The second kappa shape index (κ2) is 5.24. The Labute approximate surface area is 119 Å². The first-order chi connectivity index (χ1) is 8.45. The summed E-state index contributed by atoms with van der Waals surface area (Å²) >= 11 is 9.26. The average molecular weight is 328 g/mol. The highest BCUT2D eigenvalue weighted by Gasteiger charge is 2.12. The van der Waals surface area contributed by atoms with E-state index >= 15 is 0 Å². The molecule has 2 rings (SSSR count). The van der Waals surface area contributed by atoms with E-state index in [-0.39, 0.29) is 5.78 Å². The van der Waals surface area contributed by atoms with Gasteiger partial charge in [-0.2, -0.15) is 5.10 Å². The average Bonchev–Trinajstić information content (AvgIpc) is 2.56. The molecule has 0 aliphatic rings. The van der Waals surface area contributed by atoms with Gasteiger partial charge in [-0.05, 0) is 31.2 Å². The second-order valence-electron chi connectivity index (χ2n) is 4.16. The van der Waals surface area contributed by atoms with Gasteiger partial charge in [0, 0.05) is 27.8 Å². The Kier molecular flexibility index (Phi) is 3.88. The van der Waals surface area contributed by atoms with E-state index in [2.05, 4.69) is 21.0 Å². The second-order valence-corrected chi connectivity index (χ2v) is 5.51. The summed E-state index contributed by atoms with van der Waals surface area (Å²) in [4.78, 5) is 12.2. The van der Waals surface area contributed by atoms with Crippen LogP contribution >= 0.6 is 27.5 Å². The molecule has 0 bridgehead atoms. The molecule has 5 heteroatoms. The lowest BCUT2D eigenvalue weighted by Gasteiger charge is -2.03. The Morgan fingerprint density at radius 1 is 1.39 bits per heavy atom. The lowest BCUT2D eigenvalue weighted by atomic mass is 10.1. The number of carbonyl (C=O) groups is 1. The highest BCUT2D eigenvalue weighted by molar-refractivity contribution is 9.10. The Bertz CT molecular complexity index is 587. The fourth-order valence-corrected chi connectivity index (χ4v) is 2.67. The maximum Gasteiger partial charge on any atom is 0.168 e. The molecule has 0 saturated carbocycles. The van der Waals surface area contributed by atoms with Crippen molar-refractivity contribution in [1.82, 2.24) is 9.78 Å². The number of rotatable bonds is 3. The zero-order chi connectivity index (χ0) is 13.3. The summed E-state index contributed by atoms with van der Waals surface area (Å²) in [5.41, 5.74) is 2.41. The first kappa shape index (κ1) is 13.3. The molecule has 1 aromatic carbocycles. The lowest BCUT2D eigenvalue weighted by Crippen LogP contribution is -2.08. The molecule has 0 unspecified atom stereocenters. The van der Waals surface area contributed by atoms with Gasteiger partial charge >= 0.3 is 0 Å². The van der Waals surface area contributed by atoms with Crippen molar-refractivity contribution in [3.63, 3.8) is 0 Å². The first-order valence-electron chi connectivity index (χ1n) is 5.44. The van der Waals surface area contributed by atoms with Crippen LogP contribution in [0.25, 0.3) is 0 Å². The zero-order valence-corrected chi connectivity index (χ0v) is 12.4. The molecule has 0 amide bonds. The lowest BCUT2D eigenvalue weighted by molar-refractivity contribution is 0.0990. The van der Waals surface area contributed by atoms with Crippen molar-refractivity contribution in [2.24, 2.45) is 7.05 Å². The number of Topliss-reactive ketones (excluding diaryl/α,β-unsaturated/α-hetero) is 1. The Hall–Kier alpha value is -1.13. The predicted octanol–water partition coefficient (Wildman–Crippen LogP) is 3.57. The normalized spacial score (nSPS) is 10.7. The van der Waals surface area contributed by atoms with E-state index in [1.165, 1.54) is 0 Å². The summed E-state index contributed by atoms with van der Waals surface area (Å²) < 4.78 is 2.53. The molecule has 3 nitrogen and oxygen atoms in total. The number of halogens is 2. The van der Waals surface area contributed by atoms with Crippen molar-refractivity contribution in [2.75, 3.05) is 0 Å². The number of hydrogen-bond donors (Lipinski definition) is 0. The van der Waals surface area contributed by atoms with Gasteiger partial charge in [0.2, 0.25) is 0 Å². The van der Waals surface area contributed by atoms with Gasteiger partial charge < -0.3 is 0 Å². The van der Waals surface area contributed by atoms with Crippen LogP contribution in [0.5, 0.6) is 0 Å². The molecule has 0 radical (unpaired) electrons. The van der Waals surface area contributed by atoms with Crippen LogP contribution in [-0.4, -0.2) is 15.6 Å². The summed E-state index contributed by atoms with van der Waals surface area (Å²) in [5, 5.41) is 4.77. The summed E-state index contributed by atoms with van der Waals surface area (Å²) in [7, 11) is 1.84. The molecule has 1 heterocycles. The van der Waals surface area contributed by atoms with Gasteiger partial charge in [-0.3, -0.25) is 9.48 Å². The topological polar surface area (TPSA) is 34.9 Å². The Morgan fingerprint density at radius 3 is 2.67 bits per heavy atom. The van der Waals surface area contributed by atoms with E-state index in [9.17, 15) is 4.79 Å². The molecule has 0 fully saturated rings. The van der Waals surface area contributed by atoms with Crippen molar-refractivity contribution >= 4 is 33.3 Å². The summed E-state index contributed by atoms with van der Waals surface area (Å²) in [6, 6.07) is 7.12. The number of nitrogens with zero attached hydrogens (tertiary/aromatic N) is 2. The molecule has 0 N–H and O–H groups in total. The van der Waals surface area contributed by atoms with E-state index in [4.69, 9.17) is 11.6 Å². The number of aryl methyl sites for hydroxylation is 2. The molecule has 0 spiro atoms. The molecule has 0 atom stereocenters. The van der Waals surface area contributed by atoms with Crippen molar-refractivity contribution in [2.45, 2.75) is 13.3 Å². The van der Waals surface area contributed by atoms with E-state index < -0.39 is 0 Å². The largest absolute Gasteiger partial charge is 0.294 e. The van der Waals surface area contributed by atoms with Crippen LogP contribution in [0, 0.1) is 6.92 Å². The number of aromatic nitrogens is 2. The van der Waals surface area contributed by atoms with Gasteiger partial charge in [0.15, 0.2) is 5.78 Å². The minimum absolute atomic E-state index is 0.0289. The van der Waals surface area contributed by atoms with E-state index in [0.29, 0.717) is 17.0 Å².